The monoisotopic (exact) mass is 316 g/mol. The van der Waals surface area contributed by atoms with Crippen LogP contribution in [0.5, 0.6) is 0 Å². The second-order valence-corrected chi connectivity index (χ2v) is 9.04. The molecule has 1 aliphatic heterocycles. The zero-order valence-electron chi connectivity index (χ0n) is 14.5. The van der Waals surface area contributed by atoms with Crippen LogP contribution in [0.15, 0.2) is 12.2 Å². The molecule has 5 atom stereocenters. The Labute approximate surface area is 138 Å². The number of ether oxygens (including phenoxy) is 1. The first-order valence-corrected chi connectivity index (χ1v) is 9.24. The Balaban J connectivity index is 1.56. The van der Waals surface area contributed by atoms with Gasteiger partial charge < -0.3 is 4.74 Å². The summed E-state index contributed by atoms with van der Waals surface area (Å²) in [5.41, 5.74) is 0.462. The third-order valence-corrected chi connectivity index (χ3v) is 7.67. The lowest BCUT2D eigenvalue weighted by Crippen LogP contribution is -2.43. The van der Waals surface area contributed by atoms with Crippen molar-refractivity contribution in [2.45, 2.75) is 77.2 Å². The molecule has 4 bridgehead atoms. The van der Waals surface area contributed by atoms with Crippen LogP contribution in [0, 0.1) is 22.7 Å². The van der Waals surface area contributed by atoms with E-state index in [1.807, 2.05) is 0 Å². The van der Waals surface area contributed by atoms with Gasteiger partial charge in [-0.15, -0.1) is 0 Å². The van der Waals surface area contributed by atoms with Crippen LogP contribution in [0.2, 0.25) is 0 Å². The molecule has 1 heterocycles. The summed E-state index contributed by atoms with van der Waals surface area (Å²) in [6, 6.07) is 0. The van der Waals surface area contributed by atoms with E-state index in [9.17, 15) is 9.59 Å². The molecule has 23 heavy (non-hydrogen) atoms. The summed E-state index contributed by atoms with van der Waals surface area (Å²) in [6.07, 6.45) is 8.41. The normalized spacial score (nSPS) is 48.7. The molecule has 126 valence electrons. The van der Waals surface area contributed by atoms with Crippen LogP contribution in [0.4, 0.5) is 0 Å². The number of rotatable bonds is 3. The van der Waals surface area contributed by atoms with E-state index in [1.165, 1.54) is 5.57 Å². The SMILES string of the molecule is C=C1C[C@]2(CC[C@H]3[C@@]4(C)CCC[C@]3(C)OC4=O)C[C@H]1CCC2=O. The summed E-state index contributed by atoms with van der Waals surface area (Å²) in [6.45, 7) is 8.41. The molecule has 0 radical (unpaired) electrons. The number of fused-ring (bicyclic) bond motifs is 4. The van der Waals surface area contributed by atoms with Crippen LogP contribution in [0.25, 0.3) is 0 Å². The minimum absolute atomic E-state index is 0.0105. The number of allylic oxidation sites excluding steroid dienone is 1. The number of carbonyl (C=O) groups excluding carboxylic acids is 2. The van der Waals surface area contributed by atoms with E-state index in [-0.39, 0.29) is 28.3 Å². The van der Waals surface area contributed by atoms with Crippen molar-refractivity contribution in [2.24, 2.45) is 22.7 Å². The Hall–Kier alpha value is -1.12. The summed E-state index contributed by atoms with van der Waals surface area (Å²) >= 11 is 0. The highest BCUT2D eigenvalue weighted by atomic mass is 16.6. The highest BCUT2D eigenvalue weighted by Crippen LogP contribution is 2.60. The van der Waals surface area contributed by atoms with Gasteiger partial charge >= 0.3 is 5.97 Å². The largest absolute Gasteiger partial charge is 0.459 e. The number of esters is 1. The van der Waals surface area contributed by atoms with E-state index in [2.05, 4.69) is 20.4 Å². The number of hydrogen-bond donors (Lipinski definition) is 0. The maximum absolute atomic E-state index is 12.7. The second-order valence-electron chi connectivity index (χ2n) is 9.04. The van der Waals surface area contributed by atoms with Gasteiger partial charge in [-0.25, -0.2) is 0 Å². The molecule has 0 unspecified atom stereocenters. The molecular formula is C20H28O3. The van der Waals surface area contributed by atoms with Gasteiger partial charge in [0.15, 0.2) is 0 Å². The topological polar surface area (TPSA) is 43.4 Å². The molecule has 4 rings (SSSR count). The average Bonchev–Trinajstić information content (AvgIpc) is 2.80. The Kier molecular flexibility index (Phi) is 3.15. The third-order valence-electron chi connectivity index (χ3n) is 7.67. The van der Waals surface area contributed by atoms with Gasteiger partial charge in [0, 0.05) is 17.8 Å². The van der Waals surface area contributed by atoms with Crippen molar-refractivity contribution in [1.82, 2.24) is 0 Å². The second kappa shape index (κ2) is 4.70. The lowest BCUT2D eigenvalue weighted by molar-refractivity contribution is -0.151. The third kappa shape index (κ3) is 2.01. The van der Waals surface area contributed by atoms with Gasteiger partial charge in [-0.05, 0) is 71.1 Å². The molecule has 0 amide bonds. The fourth-order valence-corrected chi connectivity index (χ4v) is 6.25. The minimum atomic E-state index is -0.337. The quantitative estimate of drug-likeness (QED) is 0.579. The number of Topliss-reactive ketones (excluding diaryl/α,β-unsaturated/α-hetero) is 1. The number of hydrogen-bond acceptors (Lipinski definition) is 3. The Morgan fingerprint density at radius 3 is 2.78 bits per heavy atom. The Bertz CT molecular complexity index is 594. The first-order chi connectivity index (χ1) is 10.8. The fraction of sp³-hybridized carbons (Fsp3) is 0.800. The van der Waals surface area contributed by atoms with Crippen LogP contribution in [-0.4, -0.2) is 17.4 Å². The molecular weight excluding hydrogens is 288 g/mol. The molecule has 4 fully saturated rings. The van der Waals surface area contributed by atoms with Crippen LogP contribution < -0.4 is 0 Å². The number of ketones is 1. The molecule has 1 saturated heterocycles. The summed E-state index contributed by atoms with van der Waals surface area (Å²) in [5, 5.41) is 0. The lowest BCUT2D eigenvalue weighted by Gasteiger charge is -2.41. The Morgan fingerprint density at radius 2 is 2.04 bits per heavy atom. The molecule has 0 spiro atoms. The van der Waals surface area contributed by atoms with E-state index < -0.39 is 0 Å². The highest BCUT2D eigenvalue weighted by molar-refractivity contribution is 5.87. The maximum atomic E-state index is 12.7. The summed E-state index contributed by atoms with van der Waals surface area (Å²) in [5.74, 6) is 1.24. The van der Waals surface area contributed by atoms with Crippen molar-refractivity contribution >= 4 is 11.8 Å². The summed E-state index contributed by atoms with van der Waals surface area (Å²) in [7, 11) is 0. The number of carbonyl (C=O) groups is 2. The summed E-state index contributed by atoms with van der Waals surface area (Å²) < 4.78 is 5.81. The van der Waals surface area contributed by atoms with Gasteiger partial charge in [-0.1, -0.05) is 12.2 Å². The van der Waals surface area contributed by atoms with E-state index in [4.69, 9.17) is 4.74 Å². The molecule has 0 aromatic heterocycles. The van der Waals surface area contributed by atoms with Crippen LogP contribution in [-0.2, 0) is 14.3 Å². The standard InChI is InChI=1S/C20H28O3/c1-13-11-20(12-14(13)5-6-16(20)21)10-7-15-18(2)8-4-9-19(15,3)23-17(18)22/h14-15H,1,4-12H2,2-3H3/t14-,15+,18-,19+,20-/m1/s1. The van der Waals surface area contributed by atoms with Crippen molar-refractivity contribution < 1.29 is 14.3 Å². The molecule has 4 aliphatic rings. The molecule has 3 nitrogen and oxygen atoms in total. The Morgan fingerprint density at radius 1 is 1.26 bits per heavy atom. The van der Waals surface area contributed by atoms with Gasteiger partial charge in [-0.2, -0.15) is 0 Å². The van der Waals surface area contributed by atoms with Gasteiger partial charge in [0.2, 0.25) is 0 Å². The van der Waals surface area contributed by atoms with Crippen molar-refractivity contribution in [1.29, 1.82) is 0 Å². The lowest BCUT2D eigenvalue weighted by atomic mass is 9.60. The van der Waals surface area contributed by atoms with Crippen LogP contribution in [0.3, 0.4) is 0 Å². The van der Waals surface area contributed by atoms with Crippen molar-refractivity contribution in [3.8, 4) is 0 Å². The van der Waals surface area contributed by atoms with Gasteiger partial charge in [-0.3, -0.25) is 9.59 Å². The van der Waals surface area contributed by atoms with Gasteiger partial charge in [0.1, 0.15) is 11.4 Å². The predicted molar refractivity (Wildman–Crippen MR) is 87.7 cm³/mol. The van der Waals surface area contributed by atoms with E-state index in [0.29, 0.717) is 11.7 Å². The first kappa shape index (κ1) is 15.4. The fourth-order valence-electron chi connectivity index (χ4n) is 6.25. The minimum Gasteiger partial charge on any atom is -0.459 e. The highest BCUT2D eigenvalue weighted by Gasteiger charge is 2.62. The molecule has 3 heteroatoms. The summed E-state index contributed by atoms with van der Waals surface area (Å²) in [4.78, 5) is 25.1. The van der Waals surface area contributed by atoms with Gasteiger partial charge in [0.25, 0.3) is 0 Å². The van der Waals surface area contributed by atoms with E-state index in [1.54, 1.807) is 0 Å². The van der Waals surface area contributed by atoms with E-state index in [0.717, 1.165) is 57.8 Å². The van der Waals surface area contributed by atoms with E-state index >= 15 is 0 Å². The average molecular weight is 316 g/mol. The predicted octanol–water partition coefficient (Wildman–Crippen LogP) is 4.20. The molecule has 0 aromatic rings. The van der Waals surface area contributed by atoms with Gasteiger partial charge in [0.05, 0.1) is 5.41 Å². The van der Waals surface area contributed by atoms with Crippen molar-refractivity contribution in [2.75, 3.05) is 0 Å². The zero-order chi connectivity index (χ0) is 16.5. The maximum Gasteiger partial charge on any atom is 0.312 e. The molecule has 0 N–H and O–H groups in total. The van der Waals surface area contributed by atoms with Crippen molar-refractivity contribution in [3.63, 3.8) is 0 Å². The smallest absolute Gasteiger partial charge is 0.312 e. The molecule has 3 saturated carbocycles. The molecule has 0 aromatic carbocycles. The van der Waals surface area contributed by atoms with Crippen LogP contribution in [0.1, 0.15) is 71.6 Å². The zero-order valence-corrected chi connectivity index (χ0v) is 14.5. The molecule has 3 aliphatic carbocycles. The van der Waals surface area contributed by atoms with Crippen molar-refractivity contribution in [3.05, 3.63) is 12.2 Å². The van der Waals surface area contributed by atoms with Crippen LogP contribution >= 0.6 is 0 Å². The first-order valence-electron chi connectivity index (χ1n) is 9.24.